The predicted molar refractivity (Wildman–Crippen MR) is 63.8 cm³/mol. The molecule has 1 heteroatoms. The van der Waals surface area contributed by atoms with Crippen LogP contribution in [0.15, 0.2) is 0 Å². The van der Waals surface area contributed by atoms with E-state index in [9.17, 15) is 0 Å². The molecule has 0 aromatic rings. The summed E-state index contributed by atoms with van der Waals surface area (Å²) in [6.45, 7) is 8.27. The van der Waals surface area contributed by atoms with E-state index in [2.05, 4.69) is 20.8 Å². The molecule has 2 rings (SSSR count). The van der Waals surface area contributed by atoms with E-state index in [4.69, 9.17) is 4.74 Å². The van der Waals surface area contributed by atoms with Crippen LogP contribution in [0.2, 0.25) is 0 Å². The average Bonchev–Trinajstić information content (AvgIpc) is 2.97. The van der Waals surface area contributed by atoms with Gasteiger partial charge in [0.25, 0.3) is 0 Å². The van der Waals surface area contributed by atoms with Gasteiger partial charge in [0.1, 0.15) is 0 Å². The molecule has 88 valence electrons. The van der Waals surface area contributed by atoms with Gasteiger partial charge in [-0.25, -0.2) is 0 Å². The fourth-order valence-corrected chi connectivity index (χ4v) is 3.37. The lowest BCUT2D eigenvalue weighted by molar-refractivity contribution is 0.131. The third-order valence-electron chi connectivity index (χ3n) is 4.42. The summed E-state index contributed by atoms with van der Waals surface area (Å²) in [5.41, 5.74) is 0. The summed E-state index contributed by atoms with van der Waals surface area (Å²) in [4.78, 5) is 0. The molecule has 0 radical (unpaired) electrons. The van der Waals surface area contributed by atoms with Gasteiger partial charge in [-0.15, -0.1) is 0 Å². The monoisotopic (exact) mass is 210 g/mol. The van der Waals surface area contributed by atoms with Gasteiger partial charge in [-0.1, -0.05) is 27.2 Å². The molecule has 1 nitrogen and oxygen atoms in total. The first-order valence-electron chi connectivity index (χ1n) is 6.78. The van der Waals surface area contributed by atoms with E-state index >= 15 is 0 Å². The average molecular weight is 210 g/mol. The van der Waals surface area contributed by atoms with Gasteiger partial charge in [0, 0.05) is 0 Å². The van der Waals surface area contributed by atoms with Gasteiger partial charge in [-0.05, 0) is 49.4 Å². The van der Waals surface area contributed by atoms with Crippen molar-refractivity contribution in [1.82, 2.24) is 0 Å². The number of hydrogen-bond acceptors (Lipinski definition) is 1. The van der Waals surface area contributed by atoms with Gasteiger partial charge in [0.05, 0.1) is 12.7 Å². The Labute approximate surface area is 94.6 Å². The maximum Gasteiger partial charge on any atom is 0.0810 e. The summed E-state index contributed by atoms with van der Waals surface area (Å²) in [5.74, 6) is 3.81. The molecule has 1 saturated carbocycles. The quantitative estimate of drug-likeness (QED) is 0.642. The van der Waals surface area contributed by atoms with E-state index < -0.39 is 0 Å². The second-order valence-electron chi connectivity index (χ2n) is 6.12. The zero-order valence-electron chi connectivity index (χ0n) is 10.5. The number of epoxide rings is 1. The minimum Gasteiger partial charge on any atom is -0.373 e. The summed E-state index contributed by atoms with van der Waals surface area (Å²) in [5, 5.41) is 0. The molecule has 4 atom stereocenters. The molecule has 2 aliphatic rings. The smallest absolute Gasteiger partial charge is 0.0810 e. The van der Waals surface area contributed by atoms with Crippen molar-refractivity contribution in [2.75, 3.05) is 6.61 Å². The van der Waals surface area contributed by atoms with E-state index in [-0.39, 0.29) is 0 Å². The lowest BCUT2D eigenvalue weighted by Gasteiger charge is -2.37. The molecule has 0 N–H and O–H groups in total. The Morgan fingerprint density at radius 3 is 2.53 bits per heavy atom. The van der Waals surface area contributed by atoms with E-state index in [1.165, 1.54) is 32.1 Å². The van der Waals surface area contributed by atoms with E-state index in [0.29, 0.717) is 6.10 Å². The van der Waals surface area contributed by atoms with Crippen LogP contribution in [0.3, 0.4) is 0 Å². The Morgan fingerprint density at radius 2 is 1.93 bits per heavy atom. The molecule has 0 spiro atoms. The molecular formula is C14H26O. The zero-order valence-corrected chi connectivity index (χ0v) is 10.5. The summed E-state index contributed by atoms with van der Waals surface area (Å²) in [6, 6.07) is 0. The fourth-order valence-electron chi connectivity index (χ4n) is 3.37. The minimum atomic E-state index is 0.634. The SMILES string of the molecule is CC1CCC(C(C)C)C(CCC2CO2)C1. The third kappa shape index (κ3) is 3.21. The van der Waals surface area contributed by atoms with Crippen molar-refractivity contribution in [3.8, 4) is 0 Å². The van der Waals surface area contributed by atoms with Gasteiger partial charge in [0.15, 0.2) is 0 Å². The number of ether oxygens (including phenoxy) is 1. The van der Waals surface area contributed by atoms with Gasteiger partial charge >= 0.3 is 0 Å². The lowest BCUT2D eigenvalue weighted by atomic mass is 9.68. The van der Waals surface area contributed by atoms with Gasteiger partial charge in [0.2, 0.25) is 0 Å². The topological polar surface area (TPSA) is 12.5 Å². The van der Waals surface area contributed by atoms with Gasteiger partial charge in [-0.3, -0.25) is 0 Å². The van der Waals surface area contributed by atoms with Crippen LogP contribution in [0.5, 0.6) is 0 Å². The van der Waals surface area contributed by atoms with Crippen LogP contribution in [0, 0.1) is 23.7 Å². The van der Waals surface area contributed by atoms with Gasteiger partial charge in [-0.2, -0.15) is 0 Å². The maximum absolute atomic E-state index is 5.32. The van der Waals surface area contributed by atoms with Crippen LogP contribution in [-0.2, 0) is 4.74 Å². The highest BCUT2D eigenvalue weighted by Crippen LogP contribution is 2.41. The van der Waals surface area contributed by atoms with Crippen molar-refractivity contribution >= 4 is 0 Å². The van der Waals surface area contributed by atoms with Crippen LogP contribution in [0.25, 0.3) is 0 Å². The van der Waals surface area contributed by atoms with Crippen molar-refractivity contribution < 1.29 is 4.74 Å². The summed E-state index contributed by atoms with van der Waals surface area (Å²) < 4.78 is 5.32. The second-order valence-corrected chi connectivity index (χ2v) is 6.12. The molecule has 0 bridgehead atoms. The first-order valence-corrected chi connectivity index (χ1v) is 6.78. The molecule has 15 heavy (non-hydrogen) atoms. The maximum atomic E-state index is 5.32. The Morgan fingerprint density at radius 1 is 1.20 bits per heavy atom. The number of rotatable bonds is 4. The predicted octanol–water partition coefficient (Wildman–Crippen LogP) is 3.87. The van der Waals surface area contributed by atoms with Crippen LogP contribution >= 0.6 is 0 Å². The molecule has 0 amide bonds. The normalized spacial score (nSPS) is 40.8. The van der Waals surface area contributed by atoms with Crippen LogP contribution in [0.4, 0.5) is 0 Å². The Hall–Kier alpha value is -0.0400. The Bertz CT molecular complexity index is 196. The first kappa shape index (κ1) is 11.4. The van der Waals surface area contributed by atoms with Crippen LogP contribution < -0.4 is 0 Å². The number of hydrogen-bond donors (Lipinski definition) is 0. The highest BCUT2D eigenvalue weighted by atomic mass is 16.6. The summed E-state index contributed by atoms with van der Waals surface area (Å²) >= 11 is 0. The summed E-state index contributed by atoms with van der Waals surface area (Å²) in [6.07, 6.45) is 7.76. The van der Waals surface area contributed by atoms with Crippen molar-refractivity contribution in [3.63, 3.8) is 0 Å². The van der Waals surface area contributed by atoms with E-state index in [1.54, 1.807) is 0 Å². The molecule has 4 unspecified atom stereocenters. The molecular weight excluding hydrogens is 184 g/mol. The van der Waals surface area contributed by atoms with Crippen molar-refractivity contribution in [2.24, 2.45) is 23.7 Å². The van der Waals surface area contributed by atoms with Gasteiger partial charge < -0.3 is 4.74 Å². The van der Waals surface area contributed by atoms with E-state index in [0.717, 1.165) is 30.3 Å². The molecule has 1 saturated heterocycles. The molecule has 0 aromatic carbocycles. The standard InChI is InChI=1S/C14H26O/c1-10(2)14-7-4-11(3)8-12(14)5-6-13-9-15-13/h10-14H,4-9H2,1-3H3. The highest BCUT2D eigenvalue weighted by molar-refractivity contribution is 4.82. The van der Waals surface area contributed by atoms with Crippen molar-refractivity contribution in [2.45, 2.75) is 59.0 Å². The van der Waals surface area contributed by atoms with E-state index in [1.807, 2.05) is 0 Å². The fraction of sp³-hybridized carbons (Fsp3) is 1.00. The minimum absolute atomic E-state index is 0.634. The van der Waals surface area contributed by atoms with Crippen molar-refractivity contribution in [3.05, 3.63) is 0 Å². The molecule has 1 heterocycles. The zero-order chi connectivity index (χ0) is 10.8. The van der Waals surface area contributed by atoms with Crippen LogP contribution in [-0.4, -0.2) is 12.7 Å². The second kappa shape index (κ2) is 4.86. The third-order valence-corrected chi connectivity index (χ3v) is 4.42. The largest absolute Gasteiger partial charge is 0.373 e. The lowest BCUT2D eigenvalue weighted by Crippen LogP contribution is -2.27. The van der Waals surface area contributed by atoms with Crippen molar-refractivity contribution in [1.29, 1.82) is 0 Å². The Kier molecular flexibility index (Phi) is 3.71. The molecule has 2 fully saturated rings. The molecule has 0 aromatic heterocycles. The Balaban J connectivity index is 1.83. The summed E-state index contributed by atoms with van der Waals surface area (Å²) in [7, 11) is 0. The highest BCUT2D eigenvalue weighted by Gasteiger charge is 2.32. The van der Waals surface area contributed by atoms with Crippen LogP contribution in [0.1, 0.15) is 52.9 Å². The molecule has 1 aliphatic heterocycles. The first-order chi connectivity index (χ1) is 7.16. The molecule has 1 aliphatic carbocycles.